The second kappa shape index (κ2) is 17.2. The first-order valence-corrected chi connectivity index (χ1v) is 23.9. The SMILES string of the molecule is CCC(CC)c1ccnc(-n2c3ccccc3c3ccc(Oc4cccc(-n5[c-][n+](-c6c(-c7ccccc7)cccc6-c6cc(C(C)(C)C)cc(C(C)(C)C)c6)c6c(C)cccc65)c4)cc32)c1. The van der Waals surface area contributed by atoms with Crippen LogP contribution in [0.4, 0.5) is 0 Å². The fraction of sp³-hybridized carbons (Fsp3) is 0.226. The topological polar surface area (TPSA) is 35.9 Å². The molecule has 0 fully saturated rings. The van der Waals surface area contributed by atoms with Gasteiger partial charge in [-0.2, -0.15) is 0 Å². The van der Waals surface area contributed by atoms with Gasteiger partial charge in [0.15, 0.2) is 0 Å². The summed E-state index contributed by atoms with van der Waals surface area (Å²) in [5, 5.41) is 2.35. The Balaban J connectivity index is 1.11. The maximum atomic E-state index is 6.82. The van der Waals surface area contributed by atoms with Crippen LogP contribution in [0.1, 0.15) is 96.4 Å². The van der Waals surface area contributed by atoms with Gasteiger partial charge < -0.3 is 4.74 Å². The summed E-state index contributed by atoms with van der Waals surface area (Å²) in [5.74, 6) is 2.90. The molecule has 10 aromatic rings. The van der Waals surface area contributed by atoms with E-state index in [1.807, 2.05) is 12.3 Å². The van der Waals surface area contributed by atoms with Crippen molar-refractivity contribution in [2.75, 3.05) is 0 Å². The Labute approximate surface area is 396 Å². The van der Waals surface area contributed by atoms with Gasteiger partial charge in [-0.25, -0.2) is 4.98 Å². The molecular weight excluding hydrogens is 817 g/mol. The zero-order valence-electron chi connectivity index (χ0n) is 40.4. The number of para-hydroxylation sites is 3. The van der Waals surface area contributed by atoms with E-state index in [0.29, 0.717) is 5.92 Å². The fourth-order valence-electron chi connectivity index (χ4n) is 9.85. The van der Waals surface area contributed by atoms with Crippen LogP contribution in [0.15, 0.2) is 170 Å². The molecule has 0 saturated heterocycles. The van der Waals surface area contributed by atoms with Gasteiger partial charge in [-0.05, 0) is 130 Å². The lowest BCUT2D eigenvalue weighted by Gasteiger charge is -2.27. The van der Waals surface area contributed by atoms with Crippen molar-refractivity contribution in [2.24, 2.45) is 0 Å². The number of hydrogen-bond donors (Lipinski definition) is 0. The summed E-state index contributed by atoms with van der Waals surface area (Å²) in [5.41, 5.74) is 16.1. The van der Waals surface area contributed by atoms with Crippen LogP contribution < -0.4 is 9.30 Å². The molecule has 5 nitrogen and oxygen atoms in total. The zero-order valence-corrected chi connectivity index (χ0v) is 40.4. The van der Waals surface area contributed by atoms with Gasteiger partial charge in [0.2, 0.25) is 0 Å². The second-order valence-corrected chi connectivity index (χ2v) is 20.2. The molecule has 0 aliphatic heterocycles. The van der Waals surface area contributed by atoms with Crippen LogP contribution in [0.25, 0.3) is 72.3 Å². The highest BCUT2D eigenvalue weighted by Crippen LogP contribution is 2.40. The van der Waals surface area contributed by atoms with Crippen molar-refractivity contribution in [3.8, 4) is 50.9 Å². The first-order valence-electron chi connectivity index (χ1n) is 23.9. The molecule has 3 aromatic heterocycles. The van der Waals surface area contributed by atoms with Gasteiger partial charge in [0.1, 0.15) is 17.3 Å². The van der Waals surface area contributed by atoms with E-state index < -0.39 is 0 Å². The van der Waals surface area contributed by atoms with Gasteiger partial charge in [0.25, 0.3) is 6.33 Å². The lowest BCUT2D eigenvalue weighted by molar-refractivity contribution is -0.571. The molecular formula is C62H60N4O. The summed E-state index contributed by atoms with van der Waals surface area (Å²) in [6.07, 6.45) is 8.05. The summed E-state index contributed by atoms with van der Waals surface area (Å²) in [7, 11) is 0. The Morgan fingerprint density at radius 3 is 1.96 bits per heavy atom. The van der Waals surface area contributed by atoms with Crippen molar-refractivity contribution in [1.82, 2.24) is 14.1 Å². The largest absolute Gasteiger partial charge is 0.458 e. The Kier molecular flexibility index (Phi) is 11.2. The Hall–Kier alpha value is -7.24. The third-order valence-corrected chi connectivity index (χ3v) is 13.6. The first-order chi connectivity index (χ1) is 32.3. The molecule has 3 heterocycles. The van der Waals surface area contributed by atoms with Crippen LogP contribution in [0.2, 0.25) is 0 Å². The summed E-state index contributed by atoms with van der Waals surface area (Å²) in [6.45, 7) is 20.6. The molecule has 0 unspecified atom stereocenters. The van der Waals surface area contributed by atoms with Crippen LogP contribution in [0.5, 0.6) is 11.5 Å². The van der Waals surface area contributed by atoms with Gasteiger partial charge in [0.05, 0.1) is 33.4 Å². The lowest BCUT2D eigenvalue weighted by atomic mass is 9.78. The van der Waals surface area contributed by atoms with Crippen molar-refractivity contribution >= 4 is 32.8 Å². The quantitative estimate of drug-likeness (QED) is 0.101. The van der Waals surface area contributed by atoms with Gasteiger partial charge in [-0.1, -0.05) is 165 Å². The molecule has 67 heavy (non-hydrogen) atoms. The molecule has 0 saturated carbocycles. The number of pyridine rings is 1. The number of fused-ring (bicyclic) bond motifs is 4. The van der Waals surface area contributed by atoms with E-state index in [1.165, 1.54) is 27.6 Å². The molecule has 0 amide bonds. The number of benzene rings is 7. The highest BCUT2D eigenvalue weighted by atomic mass is 16.5. The van der Waals surface area contributed by atoms with Crippen LogP contribution >= 0.6 is 0 Å². The van der Waals surface area contributed by atoms with Gasteiger partial charge in [-0.15, -0.1) is 0 Å². The van der Waals surface area contributed by atoms with Crippen LogP contribution in [0.3, 0.4) is 0 Å². The second-order valence-electron chi connectivity index (χ2n) is 20.2. The van der Waals surface area contributed by atoms with Gasteiger partial charge in [-0.3, -0.25) is 13.7 Å². The zero-order chi connectivity index (χ0) is 46.6. The maximum absolute atomic E-state index is 6.82. The molecule has 5 heteroatoms. The Bertz CT molecular complexity index is 3410. The number of imidazole rings is 1. The number of aromatic nitrogens is 4. The predicted octanol–water partition coefficient (Wildman–Crippen LogP) is 16.1. The normalized spacial score (nSPS) is 12.2. The van der Waals surface area contributed by atoms with E-state index in [2.05, 4.69) is 240 Å². The van der Waals surface area contributed by atoms with Crippen molar-refractivity contribution in [2.45, 2.75) is 91.9 Å². The van der Waals surface area contributed by atoms with E-state index in [-0.39, 0.29) is 10.8 Å². The third kappa shape index (κ3) is 8.11. The van der Waals surface area contributed by atoms with Crippen molar-refractivity contribution in [3.63, 3.8) is 0 Å². The minimum Gasteiger partial charge on any atom is -0.458 e. The van der Waals surface area contributed by atoms with E-state index in [1.54, 1.807) is 0 Å². The van der Waals surface area contributed by atoms with E-state index in [9.17, 15) is 0 Å². The molecule has 0 bridgehead atoms. The average Bonchev–Trinajstić information content (AvgIpc) is 3.88. The predicted molar refractivity (Wildman–Crippen MR) is 279 cm³/mol. The van der Waals surface area contributed by atoms with E-state index in [4.69, 9.17) is 9.72 Å². The first kappa shape index (κ1) is 43.6. The van der Waals surface area contributed by atoms with Crippen molar-refractivity contribution in [3.05, 3.63) is 199 Å². The molecule has 0 atom stereocenters. The fourth-order valence-corrected chi connectivity index (χ4v) is 9.85. The third-order valence-electron chi connectivity index (χ3n) is 13.6. The van der Waals surface area contributed by atoms with Crippen LogP contribution in [0, 0.1) is 13.3 Å². The smallest absolute Gasteiger partial charge is 0.269 e. The highest BCUT2D eigenvalue weighted by molar-refractivity contribution is 6.09. The maximum Gasteiger partial charge on any atom is 0.269 e. The Morgan fingerprint density at radius 2 is 1.22 bits per heavy atom. The molecule has 0 spiro atoms. The summed E-state index contributed by atoms with van der Waals surface area (Å²) in [6, 6.07) is 59.0. The average molecular weight is 877 g/mol. The minimum absolute atomic E-state index is 0.0355. The van der Waals surface area contributed by atoms with Crippen molar-refractivity contribution < 1.29 is 9.30 Å². The number of rotatable bonds is 10. The van der Waals surface area contributed by atoms with Crippen LogP contribution in [-0.4, -0.2) is 14.1 Å². The minimum atomic E-state index is -0.0355. The number of aryl methyl sites for hydroxylation is 1. The number of nitrogens with zero attached hydrogens (tertiary/aromatic N) is 4. The Morgan fingerprint density at radius 1 is 0.582 bits per heavy atom. The highest BCUT2D eigenvalue weighted by Gasteiger charge is 2.25. The molecule has 0 N–H and O–H groups in total. The number of ether oxygens (including phenoxy) is 1. The lowest BCUT2D eigenvalue weighted by Crippen LogP contribution is -2.32. The molecule has 0 aliphatic carbocycles. The van der Waals surface area contributed by atoms with Gasteiger partial charge >= 0.3 is 0 Å². The summed E-state index contributed by atoms with van der Waals surface area (Å²) in [4.78, 5) is 4.93. The summed E-state index contributed by atoms with van der Waals surface area (Å²) < 4.78 is 13.6. The number of hydrogen-bond acceptors (Lipinski definition) is 2. The van der Waals surface area contributed by atoms with E-state index >= 15 is 0 Å². The molecule has 7 aromatic carbocycles. The van der Waals surface area contributed by atoms with Crippen LogP contribution in [-0.2, 0) is 10.8 Å². The molecule has 10 rings (SSSR count). The summed E-state index contributed by atoms with van der Waals surface area (Å²) >= 11 is 0. The molecule has 334 valence electrons. The van der Waals surface area contributed by atoms with Gasteiger partial charge in [0, 0.05) is 23.0 Å². The monoisotopic (exact) mass is 876 g/mol. The molecule has 0 radical (unpaired) electrons. The molecule has 0 aliphatic rings. The van der Waals surface area contributed by atoms with Crippen molar-refractivity contribution in [1.29, 1.82) is 0 Å². The van der Waals surface area contributed by atoms with E-state index in [0.717, 1.165) is 91.2 Å². The standard InChI is InChI=1S/C62H60N4O/c1-10-42(11-2)44-32-33-63-58(36-44)66-55-28-16-15-25-53(55)54-31-30-50(39-57(54)66)67-49-24-18-23-48(38-49)64-40-65(59-41(3)20-17-29-56(59)64)60-51(43-21-13-12-14-22-43)26-19-27-52(60)45-34-46(61(4,5)6)37-47(35-45)62(7,8)9/h12-39,42H,10-11H2,1-9H3.